The number of thioether (sulfide) groups is 1. The van der Waals surface area contributed by atoms with E-state index in [1.807, 2.05) is 41.0 Å². The van der Waals surface area contributed by atoms with E-state index in [4.69, 9.17) is 23.2 Å². The molecule has 1 fully saturated rings. The summed E-state index contributed by atoms with van der Waals surface area (Å²) in [4.78, 5) is 24.6. The Labute approximate surface area is 193 Å². The lowest BCUT2D eigenvalue weighted by Gasteiger charge is -2.13. The van der Waals surface area contributed by atoms with Crippen LogP contribution in [0.4, 0.5) is 4.79 Å². The highest BCUT2D eigenvalue weighted by atomic mass is 35.5. The van der Waals surface area contributed by atoms with Crippen molar-refractivity contribution >= 4 is 46.9 Å². The molecular weight excluding hydrogens is 457 g/mol. The van der Waals surface area contributed by atoms with Crippen LogP contribution in [0, 0.1) is 0 Å². The number of nitrogens with one attached hydrogen (secondary N) is 1. The average molecular weight is 476 g/mol. The smallest absolute Gasteiger partial charge is 0.324 e. The summed E-state index contributed by atoms with van der Waals surface area (Å²) in [6.07, 6.45) is 0.652. The number of imide groups is 1. The van der Waals surface area contributed by atoms with Crippen LogP contribution in [0.25, 0.3) is 11.4 Å². The molecule has 0 atom stereocenters. The van der Waals surface area contributed by atoms with Crippen molar-refractivity contribution in [3.8, 4) is 11.4 Å². The standard InChI is InChI=1S/C21H19Cl2N5O2S/c22-15-7-8-16(17(23)11-15)19-25-26-21(28(19)13-14-5-2-1-3-6-14)31-10-4-9-27-18(29)12-24-20(27)30/h1-3,5-8,11H,4,9-10,12-13H2,(H,24,30). The Balaban J connectivity index is 1.53. The Morgan fingerprint density at radius 3 is 2.58 bits per heavy atom. The van der Waals surface area contributed by atoms with Gasteiger partial charge in [0, 0.05) is 22.9 Å². The van der Waals surface area contributed by atoms with Gasteiger partial charge in [-0.2, -0.15) is 0 Å². The SMILES string of the molecule is O=C1CNC(=O)N1CCCSc1nnc(-c2ccc(Cl)cc2Cl)n1Cc1ccccc1. The van der Waals surface area contributed by atoms with Gasteiger partial charge >= 0.3 is 6.03 Å². The predicted octanol–water partition coefficient (Wildman–Crippen LogP) is 4.33. The lowest BCUT2D eigenvalue weighted by atomic mass is 10.2. The number of halogens is 2. The summed E-state index contributed by atoms with van der Waals surface area (Å²) in [7, 11) is 0. The van der Waals surface area contributed by atoms with Crippen LogP contribution in [0.15, 0.2) is 53.7 Å². The van der Waals surface area contributed by atoms with Gasteiger partial charge in [-0.15, -0.1) is 10.2 Å². The molecule has 0 radical (unpaired) electrons. The molecule has 1 aromatic heterocycles. The molecule has 7 nitrogen and oxygen atoms in total. The average Bonchev–Trinajstić information content (AvgIpc) is 3.29. The van der Waals surface area contributed by atoms with Gasteiger partial charge in [-0.05, 0) is 30.2 Å². The zero-order valence-electron chi connectivity index (χ0n) is 16.4. The number of carbonyl (C=O) groups is 2. The normalized spacial score (nSPS) is 13.7. The number of rotatable bonds is 8. The van der Waals surface area contributed by atoms with Crippen LogP contribution in [0.2, 0.25) is 10.0 Å². The number of hydrogen-bond donors (Lipinski definition) is 1. The fourth-order valence-corrected chi connectivity index (χ4v) is 4.60. The van der Waals surface area contributed by atoms with Crippen LogP contribution < -0.4 is 5.32 Å². The van der Waals surface area contributed by atoms with Gasteiger partial charge in [0.2, 0.25) is 5.91 Å². The van der Waals surface area contributed by atoms with Crippen LogP contribution in [0.1, 0.15) is 12.0 Å². The highest BCUT2D eigenvalue weighted by Crippen LogP contribution is 2.32. The Morgan fingerprint density at radius 1 is 1.06 bits per heavy atom. The van der Waals surface area contributed by atoms with Gasteiger partial charge in [0.25, 0.3) is 0 Å². The maximum Gasteiger partial charge on any atom is 0.324 e. The van der Waals surface area contributed by atoms with E-state index in [0.29, 0.717) is 41.1 Å². The first-order valence-electron chi connectivity index (χ1n) is 9.66. The van der Waals surface area contributed by atoms with Gasteiger partial charge in [0.05, 0.1) is 18.1 Å². The highest BCUT2D eigenvalue weighted by molar-refractivity contribution is 7.99. The first-order valence-corrected chi connectivity index (χ1v) is 11.4. The van der Waals surface area contributed by atoms with Gasteiger partial charge in [0.1, 0.15) is 0 Å². The molecule has 31 heavy (non-hydrogen) atoms. The Morgan fingerprint density at radius 2 is 1.87 bits per heavy atom. The van der Waals surface area contributed by atoms with Crippen LogP contribution in [-0.4, -0.2) is 50.4 Å². The summed E-state index contributed by atoms with van der Waals surface area (Å²) in [5, 5.41) is 13.1. The van der Waals surface area contributed by atoms with Crippen molar-refractivity contribution in [3.05, 3.63) is 64.1 Å². The number of urea groups is 1. The first kappa shape index (κ1) is 21.7. The first-order chi connectivity index (χ1) is 15.0. The van der Waals surface area contributed by atoms with E-state index < -0.39 is 0 Å². The van der Waals surface area contributed by atoms with E-state index in [0.717, 1.165) is 16.3 Å². The van der Waals surface area contributed by atoms with E-state index in [2.05, 4.69) is 15.5 Å². The van der Waals surface area contributed by atoms with Crippen molar-refractivity contribution in [1.29, 1.82) is 0 Å². The molecule has 0 spiro atoms. The number of benzene rings is 2. The molecule has 0 unspecified atom stereocenters. The molecule has 1 aliphatic heterocycles. The van der Waals surface area contributed by atoms with Crippen LogP contribution in [0.3, 0.4) is 0 Å². The number of carbonyl (C=O) groups excluding carboxylic acids is 2. The van der Waals surface area contributed by atoms with Crippen molar-refractivity contribution in [2.75, 3.05) is 18.8 Å². The molecule has 1 N–H and O–H groups in total. The van der Waals surface area contributed by atoms with Crippen LogP contribution in [0.5, 0.6) is 0 Å². The summed E-state index contributed by atoms with van der Waals surface area (Å²) in [5.41, 5.74) is 1.86. The van der Waals surface area contributed by atoms with Gasteiger partial charge < -0.3 is 5.32 Å². The number of aromatic nitrogens is 3. The van der Waals surface area contributed by atoms with Crippen molar-refractivity contribution in [3.63, 3.8) is 0 Å². The lowest BCUT2D eigenvalue weighted by molar-refractivity contribution is -0.124. The molecule has 4 rings (SSSR count). The van der Waals surface area contributed by atoms with Crippen molar-refractivity contribution in [2.24, 2.45) is 0 Å². The monoisotopic (exact) mass is 475 g/mol. The second-order valence-corrected chi connectivity index (χ2v) is 8.81. The second-order valence-electron chi connectivity index (χ2n) is 6.91. The number of hydrogen-bond acceptors (Lipinski definition) is 5. The molecule has 0 aliphatic carbocycles. The summed E-state index contributed by atoms with van der Waals surface area (Å²) < 4.78 is 2.02. The predicted molar refractivity (Wildman–Crippen MR) is 121 cm³/mol. The Hall–Kier alpha value is -2.55. The molecule has 1 aliphatic rings. The Bertz CT molecular complexity index is 1090. The van der Waals surface area contributed by atoms with Gasteiger partial charge in [-0.3, -0.25) is 14.3 Å². The summed E-state index contributed by atoms with van der Waals surface area (Å²) in [6.45, 7) is 1.03. The maximum absolute atomic E-state index is 11.7. The molecule has 0 bridgehead atoms. The van der Waals surface area contributed by atoms with Crippen LogP contribution >= 0.6 is 35.0 Å². The zero-order chi connectivity index (χ0) is 21.8. The quantitative estimate of drug-likeness (QED) is 0.297. The summed E-state index contributed by atoms with van der Waals surface area (Å²) >= 11 is 14.0. The van der Waals surface area contributed by atoms with E-state index >= 15 is 0 Å². The topological polar surface area (TPSA) is 80.1 Å². The number of nitrogens with zero attached hydrogens (tertiary/aromatic N) is 4. The minimum atomic E-state index is -0.332. The zero-order valence-corrected chi connectivity index (χ0v) is 18.8. The summed E-state index contributed by atoms with van der Waals surface area (Å²) in [6, 6.07) is 15.0. The summed E-state index contributed by atoms with van der Waals surface area (Å²) in [5.74, 6) is 1.14. The molecule has 3 aromatic rings. The Kier molecular flexibility index (Phi) is 6.80. The molecule has 3 amide bonds. The number of amides is 3. The van der Waals surface area contributed by atoms with E-state index in [-0.39, 0.29) is 18.5 Å². The van der Waals surface area contributed by atoms with Crippen molar-refractivity contribution in [1.82, 2.24) is 25.0 Å². The molecule has 10 heteroatoms. The van der Waals surface area contributed by atoms with Crippen LogP contribution in [-0.2, 0) is 11.3 Å². The van der Waals surface area contributed by atoms with Crippen molar-refractivity contribution in [2.45, 2.75) is 18.1 Å². The third-order valence-electron chi connectivity index (χ3n) is 4.77. The fraction of sp³-hybridized carbons (Fsp3) is 0.238. The lowest BCUT2D eigenvalue weighted by Crippen LogP contribution is -2.32. The highest BCUT2D eigenvalue weighted by Gasteiger charge is 2.27. The van der Waals surface area contributed by atoms with E-state index in [1.165, 1.54) is 16.7 Å². The van der Waals surface area contributed by atoms with Gasteiger partial charge in [-0.1, -0.05) is 65.3 Å². The minimum absolute atomic E-state index is 0.0720. The van der Waals surface area contributed by atoms with E-state index in [1.54, 1.807) is 12.1 Å². The molecule has 2 aromatic carbocycles. The molecule has 0 saturated carbocycles. The largest absolute Gasteiger partial charge is 0.329 e. The third kappa shape index (κ3) is 5.03. The molecule has 1 saturated heterocycles. The van der Waals surface area contributed by atoms with E-state index in [9.17, 15) is 9.59 Å². The molecule has 160 valence electrons. The van der Waals surface area contributed by atoms with Gasteiger partial charge in [0.15, 0.2) is 11.0 Å². The third-order valence-corrected chi connectivity index (χ3v) is 6.37. The molecule has 2 heterocycles. The second kappa shape index (κ2) is 9.72. The minimum Gasteiger partial charge on any atom is -0.329 e. The fourth-order valence-electron chi connectivity index (χ4n) is 3.24. The maximum atomic E-state index is 11.7. The van der Waals surface area contributed by atoms with Gasteiger partial charge in [-0.25, -0.2) is 4.79 Å². The molecular formula is C21H19Cl2N5O2S. The van der Waals surface area contributed by atoms with Crippen molar-refractivity contribution < 1.29 is 9.59 Å².